The lowest BCUT2D eigenvalue weighted by Crippen LogP contribution is -2.33. The van der Waals surface area contributed by atoms with Crippen molar-refractivity contribution in [2.24, 2.45) is 0 Å². The van der Waals surface area contributed by atoms with Crippen molar-refractivity contribution in [3.63, 3.8) is 0 Å². The summed E-state index contributed by atoms with van der Waals surface area (Å²) in [5.41, 5.74) is 0.586. The van der Waals surface area contributed by atoms with Gasteiger partial charge in [0.15, 0.2) is 0 Å². The van der Waals surface area contributed by atoms with Gasteiger partial charge in [-0.2, -0.15) is 0 Å². The minimum Gasteiger partial charge on any atom is -0.394 e. The third-order valence-electron chi connectivity index (χ3n) is 3.14. The number of amides is 2. The molecule has 9 heteroatoms. The summed E-state index contributed by atoms with van der Waals surface area (Å²) in [4.78, 5) is 26.8. The standard InChI is InChI=1S/C14H14ClIN4O3/c1-3-20(4-2)12(22)10-8(6-5-7-9(10)16)11(21)17-14-19-18-13(15)23-14/h5-7H,3-4H2,1-2H3,(H,17,19,21). The van der Waals surface area contributed by atoms with Crippen molar-refractivity contribution in [1.29, 1.82) is 0 Å². The first-order valence-corrected chi connectivity index (χ1v) is 8.31. The van der Waals surface area contributed by atoms with Crippen LogP contribution in [0.4, 0.5) is 6.01 Å². The van der Waals surface area contributed by atoms with Gasteiger partial charge < -0.3 is 9.32 Å². The topological polar surface area (TPSA) is 88.3 Å². The van der Waals surface area contributed by atoms with Crippen molar-refractivity contribution < 1.29 is 14.0 Å². The molecule has 0 bridgehead atoms. The Morgan fingerprint density at radius 3 is 2.57 bits per heavy atom. The van der Waals surface area contributed by atoms with Crippen molar-refractivity contribution >= 4 is 52.0 Å². The van der Waals surface area contributed by atoms with E-state index in [2.05, 4.69) is 15.5 Å². The number of hydrogen-bond donors (Lipinski definition) is 1. The Bertz CT molecular complexity index is 731. The van der Waals surface area contributed by atoms with Crippen LogP contribution in [-0.4, -0.2) is 40.0 Å². The molecule has 1 heterocycles. The molecule has 0 fully saturated rings. The zero-order valence-corrected chi connectivity index (χ0v) is 15.4. The summed E-state index contributed by atoms with van der Waals surface area (Å²) in [6.45, 7) is 4.88. The van der Waals surface area contributed by atoms with Gasteiger partial charge in [0, 0.05) is 16.7 Å². The zero-order chi connectivity index (χ0) is 17.0. The van der Waals surface area contributed by atoms with Crippen LogP contribution in [0.2, 0.25) is 5.35 Å². The van der Waals surface area contributed by atoms with Crippen LogP contribution >= 0.6 is 34.2 Å². The molecular weight excluding hydrogens is 435 g/mol. The van der Waals surface area contributed by atoms with Crippen LogP contribution in [0.5, 0.6) is 0 Å². The maximum absolute atomic E-state index is 12.7. The highest BCUT2D eigenvalue weighted by Crippen LogP contribution is 2.21. The monoisotopic (exact) mass is 448 g/mol. The summed E-state index contributed by atoms with van der Waals surface area (Å²) in [6, 6.07) is 4.93. The van der Waals surface area contributed by atoms with Crippen molar-refractivity contribution in [3.8, 4) is 0 Å². The normalized spacial score (nSPS) is 10.4. The first kappa shape index (κ1) is 17.7. The number of aromatic nitrogens is 2. The van der Waals surface area contributed by atoms with Gasteiger partial charge in [0.25, 0.3) is 11.8 Å². The quantitative estimate of drug-likeness (QED) is 0.710. The van der Waals surface area contributed by atoms with E-state index in [1.54, 1.807) is 23.1 Å². The largest absolute Gasteiger partial charge is 0.394 e. The maximum atomic E-state index is 12.7. The molecule has 2 rings (SSSR count). The lowest BCUT2D eigenvalue weighted by molar-refractivity contribution is 0.0767. The molecule has 0 spiro atoms. The van der Waals surface area contributed by atoms with Crippen LogP contribution in [0.25, 0.3) is 0 Å². The Kier molecular flexibility index (Phi) is 5.94. The third-order valence-corrected chi connectivity index (χ3v) is 4.20. The lowest BCUT2D eigenvalue weighted by Gasteiger charge is -2.21. The molecule has 0 aliphatic heterocycles. The van der Waals surface area contributed by atoms with Crippen LogP contribution in [0, 0.1) is 3.57 Å². The minimum absolute atomic E-state index is 0.125. The number of anilines is 1. The molecule has 7 nitrogen and oxygen atoms in total. The first-order chi connectivity index (χ1) is 11.0. The number of carbonyl (C=O) groups is 2. The Balaban J connectivity index is 2.37. The van der Waals surface area contributed by atoms with E-state index in [1.165, 1.54) is 0 Å². The molecule has 0 saturated heterocycles. The Morgan fingerprint density at radius 2 is 2.00 bits per heavy atom. The molecule has 1 aromatic carbocycles. The molecule has 122 valence electrons. The van der Waals surface area contributed by atoms with Crippen molar-refractivity contribution in [1.82, 2.24) is 15.1 Å². The Labute approximate surface area is 151 Å². The summed E-state index contributed by atoms with van der Waals surface area (Å²) >= 11 is 7.56. The molecule has 0 atom stereocenters. The number of rotatable bonds is 5. The number of hydrogen-bond acceptors (Lipinski definition) is 5. The van der Waals surface area contributed by atoms with Crippen LogP contribution in [0.15, 0.2) is 22.6 Å². The maximum Gasteiger partial charge on any atom is 0.323 e. The van der Waals surface area contributed by atoms with E-state index in [4.69, 9.17) is 16.0 Å². The van der Waals surface area contributed by atoms with E-state index in [9.17, 15) is 9.59 Å². The number of carbonyl (C=O) groups excluding carboxylic acids is 2. The number of nitrogens with zero attached hydrogens (tertiary/aromatic N) is 3. The van der Waals surface area contributed by atoms with Gasteiger partial charge in [-0.15, -0.1) is 0 Å². The molecule has 2 aromatic rings. The summed E-state index contributed by atoms with van der Waals surface area (Å²) in [5.74, 6) is -0.715. The van der Waals surface area contributed by atoms with E-state index < -0.39 is 5.91 Å². The number of nitrogens with one attached hydrogen (secondary N) is 1. The molecule has 1 aromatic heterocycles. The van der Waals surface area contributed by atoms with Crippen molar-refractivity contribution in [3.05, 3.63) is 38.2 Å². The van der Waals surface area contributed by atoms with Crippen LogP contribution < -0.4 is 5.32 Å². The molecule has 0 aliphatic carbocycles. The predicted octanol–water partition coefficient (Wildman–Crippen LogP) is 3.06. The highest BCUT2D eigenvalue weighted by molar-refractivity contribution is 14.1. The van der Waals surface area contributed by atoms with Gasteiger partial charge >= 0.3 is 11.4 Å². The second-order valence-electron chi connectivity index (χ2n) is 4.45. The van der Waals surface area contributed by atoms with Crippen LogP contribution in [-0.2, 0) is 0 Å². The molecule has 1 N–H and O–H groups in total. The summed E-state index contributed by atoms with van der Waals surface area (Å²) in [7, 11) is 0. The Morgan fingerprint density at radius 1 is 1.30 bits per heavy atom. The van der Waals surface area contributed by atoms with E-state index in [-0.39, 0.29) is 22.8 Å². The minimum atomic E-state index is -0.515. The zero-order valence-electron chi connectivity index (χ0n) is 12.5. The van der Waals surface area contributed by atoms with E-state index >= 15 is 0 Å². The van der Waals surface area contributed by atoms with E-state index in [1.807, 2.05) is 36.4 Å². The highest BCUT2D eigenvalue weighted by atomic mass is 127. The number of halogens is 2. The van der Waals surface area contributed by atoms with Crippen molar-refractivity contribution in [2.75, 3.05) is 18.4 Å². The fourth-order valence-electron chi connectivity index (χ4n) is 2.02. The molecule has 0 saturated carbocycles. The summed E-state index contributed by atoms with van der Waals surface area (Å²) in [6.07, 6.45) is 0. The highest BCUT2D eigenvalue weighted by Gasteiger charge is 2.24. The molecular formula is C14H14ClIN4O3. The third kappa shape index (κ3) is 3.99. The lowest BCUT2D eigenvalue weighted by atomic mass is 10.1. The van der Waals surface area contributed by atoms with Gasteiger partial charge in [-0.05, 0) is 60.2 Å². The van der Waals surface area contributed by atoms with Gasteiger partial charge in [0.2, 0.25) is 0 Å². The molecule has 0 aliphatic rings. The average Bonchev–Trinajstić information content (AvgIpc) is 2.93. The smallest absolute Gasteiger partial charge is 0.323 e. The molecule has 2 amide bonds. The summed E-state index contributed by atoms with van der Waals surface area (Å²) < 4.78 is 5.60. The van der Waals surface area contributed by atoms with Crippen LogP contribution in [0.3, 0.4) is 0 Å². The van der Waals surface area contributed by atoms with Gasteiger partial charge in [-0.25, -0.2) is 0 Å². The first-order valence-electron chi connectivity index (χ1n) is 6.86. The second kappa shape index (κ2) is 7.73. The van der Waals surface area contributed by atoms with Gasteiger partial charge in [-0.3, -0.25) is 14.9 Å². The predicted molar refractivity (Wildman–Crippen MR) is 93.7 cm³/mol. The van der Waals surface area contributed by atoms with Gasteiger partial charge in [-0.1, -0.05) is 16.3 Å². The Hall–Kier alpha value is -1.68. The number of benzene rings is 1. The second-order valence-corrected chi connectivity index (χ2v) is 5.94. The average molecular weight is 449 g/mol. The van der Waals surface area contributed by atoms with E-state index in [0.29, 0.717) is 22.2 Å². The van der Waals surface area contributed by atoms with E-state index in [0.717, 1.165) is 0 Å². The SMILES string of the molecule is CCN(CC)C(=O)c1c(I)cccc1C(=O)Nc1nnc(Cl)o1. The molecule has 0 radical (unpaired) electrons. The van der Waals surface area contributed by atoms with Crippen LogP contribution in [0.1, 0.15) is 34.6 Å². The van der Waals surface area contributed by atoms with Gasteiger partial charge in [0.1, 0.15) is 0 Å². The van der Waals surface area contributed by atoms with Crippen molar-refractivity contribution in [2.45, 2.75) is 13.8 Å². The molecule has 23 heavy (non-hydrogen) atoms. The fraction of sp³-hybridized carbons (Fsp3) is 0.286. The summed E-state index contributed by atoms with van der Waals surface area (Å²) in [5, 5.41) is 9.28. The van der Waals surface area contributed by atoms with Gasteiger partial charge in [0.05, 0.1) is 11.1 Å². The fourth-order valence-corrected chi connectivity index (χ4v) is 2.86. The molecule has 0 unspecified atom stereocenters.